The highest BCUT2D eigenvalue weighted by molar-refractivity contribution is 7.89. The molecule has 1 aromatic rings. The third-order valence-corrected chi connectivity index (χ3v) is 3.17. The number of hydrogen-bond acceptors (Lipinski definition) is 6. The number of sulfonamides is 1. The number of hydrogen-bond donors (Lipinski definition) is 4. The summed E-state index contributed by atoms with van der Waals surface area (Å²) in [4.78, 5) is -0.113. The second kappa shape index (κ2) is 6.01. The zero-order valence-corrected chi connectivity index (χ0v) is 10.6. The molecule has 1 atom stereocenters. The van der Waals surface area contributed by atoms with Crippen LogP contribution in [0.5, 0.6) is 5.75 Å². The van der Waals surface area contributed by atoms with Gasteiger partial charge in [0.2, 0.25) is 10.0 Å². The summed E-state index contributed by atoms with van der Waals surface area (Å²) < 4.78 is 27.4. The Morgan fingerprint density at radius 2 is 2.17 bits per heavy atom. The molecule has 0 aliphatic rings. The molecule has 5 N–H and O–H groups in total. The van der Waals surface area contributed by atoms with Crippen LogP contribution in [-0.4, -0.2) is 45.0 Å². The van der Waals surface area contributed by atoms with Gasteiger partial charge >= 0.3 is 0 Å². The van der Waals surface area contributed by atoms with Crippen molar-refractivity contribution in [2.24, 2.45) is 5.14 Å². The monoisotopic (exact) mass is 276 g/mol. The minimum absolute atomic E-state index is 0.112. The number of primary sulfonamides is 1. The summed E-state index contributed by atoms with van der Waals surface area (Å²) in [5.74, 6) is 0.112. The number of benzene rings is 1. The molecule has 18 heavy (non-hydrogen) atoms. The van der Waals surface area contributed by atoms with E-state index in [2.05, 4.69) is 5.32 Å². The van der Waals surface area contributed by atoms with Crippen LogP contribution in [0.15, 0.2) is 23.1 Å². The molecule has 7 nitrogen and oxygen atoms in total. The normalized spacial score (nSPS) is 13.1. The van der Waals surface area contributed by atoms with Crippen LogP contribution < -0.4 is 15.2 Å². The smallest absolute Gasteiger partial charge is 0.241 e. The van der Waals surface area contributed by atoms with Crippen molar-refractivity contribution in [1.82, 2.24) is 0 Å². The van der Waals surface area contributed by atoms with Crippen molar-refractivity contribution in [2.45, 2.75) is 11.0 Å². The van der Waals surface area contributed by atoms with Crippen molar-refractivity contribution in [3.63, 3.8) is 0 Å². The maximum Gasteiger partial charge on any atom is 0.241 e. The molecule has 0 bridgehead atoms. The maximum absolute atomic E-state index is 11.2. The molecule has 0 aliphatic heterocycles. The molecule has 0 aromatic heterocycles. The summed E-state index contributed by atoms with van der Waals surface area (Å²) >= 11 is 0. The van der Waals surface area contributed by atoms with Crippen molar-refractivity contribution in [2.75, 3.05) is 25.6 Å². The Kier molecular flexibility index (Phi) is 4.91. The van der Waals surface area contributed by atoms with Crippen molar-refractivity contribution >= 4 is 15.7 Å². The van der Waals surface area contributed by atoms with Crippen LogP contribution in [0.25, 0.3) is 0 Å². The number of nitrogens with two attached hydrogens (primary N) is 1. The van der Waals surface area contributed by atoms with Gasteiger partial charge in [0.05, 0.1) is 19.8 Å². The maximum atomic E-state index is 11.2. The van der Waals surface area contributed by atoms with E-state index in [0.29, 0.717) is 5.69 Å². The summed E-state index contributed by atoms with van der Waals surface area (Å²) in [6.45, 7) is -0.228. The molecular weight excluding hydrogens is 260 g/mol. The minimum Gasteiger partial charge on any atom is -0.495 e. The Balaban J connectivity index is 2.93. The minimum atomic E-state index is -3.84. The molecule has 1 aromatic carbocycles. The van der Waals surface area contributed by atoms with Gasteiger partial charge in [-0.1, -0.05) is 0 Å². The van der Waals surface area contributed by atoms with Crippen molar-refractivity contribution < 1.29 is 23.4 Å². The molecule has 0 spiro atoms. The van der Waals surface area contributed by atoms with Gasteiger partial charge in [0.15, 0.2) is 0 Å². The van der Waals surface area contributed by atoms with Crippen LogP contribution in [-0.2, 0) is 10.0 Å². The van der Waals surface area contributed by atoms with Crippen molar-refractivity contribution in [3.05, 3.63) is 18.2 Å². The van der Waals surface area contributed by atoms with E-state index in [-0.39, 0.29) is 23.8 Å². The van der Waals surface area contributed by atoms with Gasteiger partial charge < -0.3 is 20.3 Å². The van der Waals surface area contributed by atoms with Gasteiger partial charge in [0, 0.05) is 18.3 Å². The van der Waals surface area contributed by atoms with Crippen molar-refractivity contribution in [1.29, 1.82) is 0 Å². The Morgan fingerprint density at radius 3 is 2.67 bits per heavy atom. The highest BCUT2D eigenvalue weighted by Crippen LogP contribution is 2.26. The third-order valence-electron chi connectivity index (χ3n) is 2.22. The Morgan fingerprint density at radius 1 is 1.50 bits per heavy atom. The number of rotatable bonds is 6. The highest BCUT2D eigenvalue weighted by atomic mass is 32.2. The predicted octanol–water partition coefficient (Wildman–Crippen LogP) is -0.892. The lowest BCUT2D eigenvalue weighted by Crippen LogP contribution is -2.23. The van der Waals surface area contributed by atoms with Gasteiger partial charge in [-0.3, -0.25) is 0 Å². The molecule has 0 radical (unpaired) electrons. The summed E-state index contributed by atoms with van der Waals surface area (Å²) in [6.07, 6.45) is -0.895. The molecule has 0 amide bonds. The first kappa shape index (κ1) is 14.7. The standard InChI is InChI=1S/C10H16N2O5S/c1-17-9-4-7(12-5-8(14)6-13)2-3-10(9)18(11,15)16/h2-4,8,12-14H,5-6H2,1H3,(H2,11,15,16). The number of ether oxygens (including phenoxy) is 1. The molecule has 8 heteroatoms. The second-order valence-corrected chi connectivity index (χ2v) is 5.16. The Labute approximate surface area is 105 Å². The van der Waals surface area contributed by atoms with Gasteiger partial charge in [-0.2, -0.15) is 0 Å². The average molecular weight is 276 g/mol. The topological polar surface area (TPSA) is 122 Å². The summed E-state index contributed by atoms with van der Waals surface area (Å²) in [5.41, 5.74) is 0.548. The first-order chi connectivity index (χ1) is 8.38. The Hall–Kier alpha value is -1.35. The molecule has 0 fully saturated rings. The first-order valence-electron chi connectivity index (χ1n) is 5.12. The lowest BCUT2D eigenvalue weighted by molar-refractivity contribution is 0.105. The molecule has 0 aliphatic carbocycles. The molecular formula is C10H16N2O5S. The van der Waals surface area contributed by atoms with Gasteiger partial charge in [0.1, 0.15) is 10.6 Å². The van der Waals surface area contributed by atoms with Crippen LogP contribution >= 0.6 is 0 Å². The summed E-state index contributed by atoms with van der Waals surface area (Å²) in [7, 11) is -2.51. The number of nitrogens with one attached hydrogen (secondary N) is 1. The highest BCUT2D eigenvalue weighted by Gasteiger charge is 2.15. The Bertz CT molecular complexity index is 503. The lowest BCUT2D eigenvalue weighted by Gasteiger charge is -2.12. The number of methoxy groups -OCH3 is 1. The van der Waals surface area contributed by atoms with E-state index in [0.717, 1.165) is 0 Å². The molecule has 0 saturated carbocycles. The third kappa shape index (κ3) is 3.84. The predicted molar refractivity (Wildman–Crippen MR) is 65.9 cm³/mol. The van der Waals surface area contributed by atoms with Crippen LogP contribution in [0.2, 0.25) is 0 Å². The van der Waals surface area contributed by atoms with E-state index < -0.39 is 16.1 Å². The zero-order valence-electron chi connectivity index (χ0n) is 9.83. The van der Waals surface area contributed by atoms with E-state index in [1.165, 1.54) is 25.3 Å². The number of aliphatic hydroxyl groups is 2. The molecule has 0 saturated heterocycles. The van der Waals surface area contributed by atoms with Gasteiger partial charge in [-0.15, -0.1) is 0 Å². The lowest BCUT2D eigenvalue weighted by atomic mass is 10.3. The van der Waals surface area contributed by atoms with Gasteiger partial charge in [0.25, 0.3) is 0 Å². The first-order valence-corrected chi connectivity index (χ1v) is 6.66. The number of aliphatic hydroxyl groups excluding tert-OH is 2. The molecule has 1 rings (SSSR count). The van der Waals surface area contributed by atoms with Gasteiger partial charge in [-0.05, 0) is 12.1 Å². The number of anilines is 1. The molecule has 102 valence electrons. The summed E-state index contributed by atoms with van der Waals surface area (Å²) in [6, 6.07) is 4.25. The average Bonchev–Trinajstić information content (AvgIpc) is 2.34. The summed E-state index contributed by atoms with van der Waals surface area (Å²) in [5, 5.41) is 25.7. The molecule has 0 heterocycles. The van der Waals surface area contributed by atoms with Gasteiger partial charge in [-0.25, -0.2) is 13.6 Å². The quantitative estimate of drug-likeness (QED) is 0.534. The molecule has 1 unspecified atom stereocenters. The van der Waals surface area contributed by atoms with E-state index >= 15 is 0 Å². The van der Waals surface area contributed by atoms with Crippen molar-refractivity contribution in [3.8, 4) is 5.75 Å². The largest absolute Gasteiger partial charge is 0.495 e. The van der Waals surface area contributed by atoms with Crippen LogP contribution in [0.1, 0.15) is 0 Å². The van der Waals surface area contributed by atoms with Crippen LogP contribution in [0.4, 0.5) is 5.69 Å². The zero-order chi connectivity index (χ0) is 13.8. The fourth-order valence-electron chi connectivity index (χ4n) is 1.31. The van der Waals surface area contributed by atoms with E-state index in [1.807, 2.05) is 0 Å². The van der Waals surface area contributed by atoms with E-state index in [9.17, 15) is 8.42 Å². The SMILES string of the molecule is COc1cc(NCC(O)CO)ccc1S(N)(=O)=O. The van der Waals surface area contributed by atoms with E-state index in [1.54, 1.807) is 0 Å². The fraction of sp³-hybridized carbons (Fsp3) is 0.400. The fourth-order valence-corrected chi connectivity index (χ4v) is 1.99. The van der Waals surface area contributed by atoms with E-state index in [4.69, 9.17) is 20.1 Å². The van der Waals surface area contributed by atoms with Crippen LogP contribution in [0.3, 0.4) is 0 Å². The second-order valence-electron chi connectivity index (χ2n) is 3.63. The van der Waals surface area contributed by atoms with Crippen LogP contribution in [0, 0.1) is 0 Å².